The van der Waals surface area contributed by atoms with Crippen LogP contribution in [0.4, 0.5) is 0 Å². The average molecular weight is 458 g/mol. The summed E-state index contributed by atoms with van der Waals surface area (Å²) in [5.41, 5.74) is 3.99. The third-order valence-electron chi connectivity index (χ3n) is 7.28. The Balaban J connectivity index is 1.40. The second kappa shape index (κ2) is 9.95. The maximum Gasteiger partial charge on any atom is 0.255 e. The molecule has 176 valence electrons. The van der Waals surface area contributed by atoms with Gasteiger partial charge in [0.25, 0.3) is 5.91 Å². The van der Waals surface area contributed by atoms with E-state index >= 15 is 0 Å². The van der Waals surface area contributed by atoms with Gasteiger partial charge in [0.1, 0.15) is 5.75 Å². The van der Waals surface area contributed by atoms with Gasteiger partial charge >= 0.3 is 0 Å². The second-order valence-electron chi connectivity index (χ2n) is 9.10. The first-order valence-corrected chi connectivity index (χ1v) is 12.0. The molecule has 0 aliphatic carbocycles. The van der Waals surface area contributed by atoms with Gasteiger partial charge < -0.3 is 14.7 Å². The summed E-state index contributed by atoms with van der Waals surface area (Å²) in [4.78, 5) is 21.7. The molecule has 0 radical (unpaired) electrons. The van der Waals surface area contributed by atoms with E-state index < -0.39 is 0 Å². The third-order valence-corrected chi connectivity index (χ3v) is 7.28. The third kappa shape index (κ3) is 4.19. The van der Waals surface area contributed by atoms with Gasteiger partial charge in [-0.3, -0.25) is 14.7 Å². The highest BCUT2D eigenvalue weighted by Gasteiger charge is 2.49. The first kappa shape index (κ1) is 22.6. The fraction of sp³-hybridized carbons (Fsp3) is 0.357. The average Bonchev–Trinajstić information content (AvgIpc) is 2.88. The monoisotopic (exact) mass is 457 g/mol. The number of rotatable bonds is 5. The Kier molecular flexibility index (Phi) is 6.61. The van der Waals surface area contributed by atoms with Gasteiger partial charge in [0, 0.05) is 49.0 Å². The zero-order valence-corrected chi connectivity index (χ0v) is 19.5. The fourth-order valence-corrected chi connectivity index (χ4v) is 5.56. The molecule has 3 atom stereocenters. The summed E-state index contributed by atoms with van der Waals surface area (Å²) in [6.07, 6.45) is 5.31. The first-order chi connectivity index (χ1) is 16.7. The van der Waals surface area contributed by atoms with Crippen molar-refractivity contribution in [3.63, 3.8) is 0 Å². The minimum absolute atomic E-state index is 0.0349. The van der Waals surface area contributed by atoms with E-state index in [1.165, 1.54) is 5.56 Å². The number of pyridine rings is 1. The summed E-state index contributed by atoms with van der Waals surface area (Å²) < 4.78 is 5.53. The number of ether oxygens (including phenoxy) is 1. The molecule has 1 N–H and O–H groups in total. The molecular formula is C28H31N3O3. The Morgan fingerprint density at radius 2 is 1.85 bits per heavy atom. The van der Waals surface area contributed by atoms with Crippen molar-refractivity contribution in [2.75, 3.05) is 33.4 Å². The zero-order valence-electron chi connectivity index (χ0n) is 19.5. The number of aliphatic hydroxyl groups is 1. The van der Waals surface area contributed by atoms with Gasteiger partial charge in [0.15, 0.2) is 0 Å². The molecule has 5 rings (SSSR count). The van der Waals surface area contributed by atoms with Crippen molar-refractivity contribution in [1.82, 2.24) is 14.8 Å². The molecule has 2 fully saturated rings. The van der Waals surface area contributed by atoms with Crippen molar-refractivity contribution in [2.45, 2.75) is 30.8 Å². The van der Waals surface area contributed by atoms with E-state index in [1.807, 2.05) is 29.2 Å². The molecule has 1 aromatic heterocycles. The van der Waals surface area contributed by atoms with Gasteiger partial charge in [-0.25, -0.2) is 0 Å². The van der Waals surface area contributed by atoms with Gasteiger partial charge in [0.05, 0.1) is 19.3 Å². The van der Waals surface area contributed by atoms with Crippen LogP contribution in [-0.4, -0.2) is 71.2 Å². The van der Waals surface area contributed by atoms with Gasteiger partial charge in [-0.05, 0) is 48.7 Å². The van der Waals surface area contributed by atoms with E-state index in [2.05, 4.69) is 40.2 Å². The number of methoxy groups -OCH3 is 1. The molecular weight excluding hydrogens is 426 g/mol. The van der Waals surface area contributed by atoms with E-state index in [-0.39, 0.29) is 30.5 Å². The number of amides is 1. The number of hydrogen-bond donors (Lipinski definition) is 1. The summed E-state index contributed by atoms with van der Waals surface area (Å²) in [7, 11) is 1.69. The molecule has 0 unspecified atom stereocenters. The van der Waals surface area contributed by atoms with Crippen LogP contribution < -0.4 is 4.74 Å². The second-order valence-corrected chi connectivity index (χ2v) is 9.10. The molecule has 2 aliphatic rings. The van der Waals surface area contributed by atoms with Crippen LogP contribution in [0.5, 0.6) is 5.75 Å². The van der Waals surface area contributed by atoms with Crippen LogP contribution in [-0.2, 0) is 0 Å². The highest BCUT2D eigenvalue weighted by Crippen LogP contribution is 2.42. The number of carbonyl (C=O) groups excluding carboxylic acids is 1. The number of fused-ring (bicyclic) bond motifs is 1. The Bertz CT molecular complexity index is 1120. The van der Waals surface area contributed by atoms with Gasteiger partial charge in [-0.2, -0.15) is 0 Å². The number of carbonyl (C=O) groups is 1. The highest BCUT2D eigenvalue weighted by molar-refractivity contribution is 5.93. The van der Waals surface area contributed by atoms with Crippen LogP contribution in [0.15, 0.2) is 73.1 Å². The van der Waals surface area contributed by atoms with Crippen LogP contribution in [0.2, 0.25) is 0 Å². The number of aromatic nitrogens is 1. The Hall–Kier alpha value is -3.22. The van der Waals surface area contributed by atoms with Crippen LogP contribution >= 0.6 is 0 Å². The molecule has 2 aliphatic heterocycles. The lowest BCUT2D eigenvalue weighted by atomic mass is 9.74. The first-order valence-electron chi connectivity index (χ1n) is 12.0. The number of para-hydroxylation sites is 1. The molecule has 6 nitrogen and oxygen atoms in total. The molecule has 34 heavy (non-hydrogen) atoms. The molecule has 0 bridgehead atoms. The standard InChI is InChI=1S/C28H31N3O3/c1-34-26-9-3-2-8-23(26)20-10-12-21(13-11-20)27-24-18-30(28(33)22-7-6-14-29-17-22)15-4-5-16-31(24)25(27)19-32/h2-3,6-14,17,24-25,27,32H,4-5,15-16,18-19H2,1H3/t24-,25-,27+/m1/s1. The predicted octanol–water partition coefficient (Wildman–Crippen LogP) is 3.82. The Labute approximate surface area is 200 Å². The minimum atomic E-state index is 0.0349. The molecule has 1 amide bonds. The summed E-state index contributed by atoms with van der Waals surface area (Å²) in [6.45, 7) is 2.48. The van der Waals surface area contributed by atoms with Crippen LogP contribution in [0, 0.1) is 0 Å². The Morgan fingerprint density at radius 1 is 1.06 bits per heavy atom. The molecule has 3 aromatic rings. The van der Waals surface area contributed by atoms with E-state index in [4.69, 9.17) is 4.74 Å². The van der Waals surface area contributed by atoms with Crippen molar-refractivity contribution < 1.29 is 14.6 Å². The lowest BCUT2D eigenvalue weighted by molar-refractivity contribution is -0.0606. The molecule has 0 spiro atoms. The van der Waals surface area contributed by atoms with E-state index in [9.17, 15) is 9.90 Å². The van der Waals surface area contributed by atoms with E-state index in [0.717, 1.165) is 42.8 Å². The normalized spacial score (nSPS) is 22.8. The van der Waals surface area contributed by atoms with Crippen molar-refractivity contribution in [3.8, 4) is 16.9 Å². The summed E-state index contributed by atoms with van der Waals surface area (Å²) in [5, 5.41) is 10.2. The van der Waals surface area contributed by atoms with E-state index in [1.54, 1.807) is 25.6 Å². The molecule has 2 aromatic carbocycles. The molecule has 2 saturated heterocycles. The van der Waals surface area contributed by atoms with Crippen molar-refractivity contribution in [1.29, 1.82) is 0 Å². The molecule has 3 heterocycles. The predicted molar refractivity (Wildman–Crippen MR) is 132 cm³/mol. The molecule has 0 saturated carbocycles. The quantitative estimate of drug-likeness (QED) is 0.631. The summed E-state index contributed by atoms with van der Waals surface area (Å²) >= 11 is 0. The number of benzene rings is 2. The lowest BCUT2D eigenvalue weighted by Crippen LogP contribution is -2.67. The number of nitrogens with zero attached hydrogens (tertiary/aromatic N) is 3. The highest BCUT2D eigenvalue weighted by atomic mass is 16.5. The zero-order chi connectivity index (χ0) is 23.5. The van der Waals surface area contributed by atoms with Crippen LogP contribution in [0.1, 0.15) is 34.7 Å². The van der Waals surface area contributed by atoms with Gasteiger partial charge in [-0.1, -0.05) is 42.5 Å². The summed E-state index contributed by atoms with van der Waals surface area (Å²) in [5.74, 6) is 1.06. The lowest BCUT2D eigenvalue weighted by Gasteiger charge is -2.57. The molecule has 6 heteroatoms. The van der Waals surface area contributed by atoms with Gasteiger partial charge in [-0.15, -0.1) is 0 Å². The van der Waals surface area contributed by atoms with Crippen LogP contribution in [0.25, 0.3) is 11.1 Å². The topological polar surface area (TPSA) is 65.9 Å². The fourth-order valence-electron chi connectivity index (χ4n) is 5.56. The van der Waals surface area contributed by atoms with Crippen molar-refractivity contribution >= 4 is 5.91 Å². The maximum atomic E-state index is 13.2. The number of aliphatic hydroxyl groups excluding tert-OH is 1. The van der Waals surface area contributed by atoms with E-state index in [0.29, 0.717) is 12.1 Å². The Morgan fingerprint density at radius 3 is 2.59 bits per heavy atom. The minimum Gasteiger partial charge on any atom is -0.496 e. The van der Waals surface area contributed by atoms with Crippen molar-refractivity contribution in [3.05, 3.63) is 84.2 Å². The van der Waals surface area contributed by atoms with Gasteiger partial charge in [0.2, 0.25) is 0 Å². The SMILES string of the molecule is COc1ccccc1-c1ccc([C@@H]2[C@@H](CO)N3CCCCN(C(=O)c4cccnc4)C[C@H]23)cc1. The smallest absolute Gasteiger partial charge is 0.255 e. The largest absolute Gasteiger partial charge is 0.496 e. The maximum absolute atomic E-state index is 13.2. The number of hydrogen-bond acceptors (Lipinski definition) is 5. The van der Waals surface area contributed by atoms with Crippen LogP contribution in [0.3, 0.4) is 0 Å². The summed E-state index contributed by atoms with van der Waals surface area (Å²) in [6, 6.07) is 20.5. The van der Waals surface area contributed by atoms with Crippen molar-refractivity contribution in [2.24, 2.45) is 0 Å².